The van der Waals surface area contributed by atoms with Gasteiger partial charge >= 0.3 is 5.97 Å². The number of aromatic nitrogens is 4. The number of carbonyl (C=O) groups excluding carboxylic acids is 2. The first-order chi connectivity index (χ1) is 18.1. The lowest BCUT2D eigenvalue weighted by atomic mass is 10.1. The molecular weight excluding hydrogens is 474 g/mol. The predicted molar refractivity (Wildman–Crippen MR) is 137 cm³/mol. The molecule has 2 aromatic carbocycles. The Bertz CT molecular complexity index is 1590. The highest BCUT2D eigenvalue weighted by Gasteiger charge is 2.16. The number of carbonyl (C=O) groups is 2. The van der Waals surface area contributed by atoms with Gasteiger partial charge in [0.05, 0.1) is 49.4 Å². The fourth-order valence-electron chi connectivity index (χ4n) is 4.07. The summed E-state index contributed by atoms with van der Waals surface area (Å²) in [6.07, 6.45) is 5.00. The van der Waals surface area contributed by atoms with Crippen molar-refractivity contribution in [3.8, 4) is 5.75 Å². The molecule has 0 fully saturated rings. The van der Waals surface area contributed by atoms with Crippen LogP contribution >= 0.6 is 0 Å². The number of imidazole rings is 1. The lowest BCUT2D eigenvalue weighted by Gasteiger charge is -2.09. The van der Waals surface area contributed by atoms with Crippen molar-refractivity contribution < 1.29 is 23.8 Å². The first kappa shape index (κ1) is 24.0. The molecule has 0 saturated heterocycles. The molecule has 1 amide bonds. The number of hydrogen-bond donors (Lipinski definition) is 1. The van der Waals surface area contributed by atoms with Crippen molar-refractivity contribution in [3.63, 3.8) is 0 Å². The number of anilines is 1. The van der Waals surface area contributed by atoms with Crippen LogP contribution in [0.25, 0.3) is 16.6 Å². The molecule has 0 aliphatic carbocycles. The minimum Gasteiger partial charge on any atom is -0.491 e. The second-order valence-corrected chi connectivity index (χ2v) is 8.26. The largest absolute Gasteiger partial charge is 0.491 e. The first-order valence-electron chi connectivity index (χ1n) is 11.6. The predicted octanol–water partition coefficient (Wildman–Crippen LogP) is 3.80. The van der Waals surface area contributed by atoms with E-state index < -0.39 is 0 Å². The molecule has 1 N–H and O–H groups in total. The summed E-state index contributed by atoms with van der Waals surface area (Å²) in [6, 6.07) is 16.4. The van der Waals surface area contributed by atoms with Crippen LogP contribution in [0.2, 0.25) is 0 Å². The smallest absolute Gasteiger partial charge is 0.337 e. The van der Waals surface area contributed by atoms with Gasteiger partial charge in [-0.05, 0) is 35.9 Å². The number of benzene rings is 2. The number of esters is 1. The third-order valence-electron chi connectivity index (χ3n) is 5.89. The summed E-state index contributed by atoms with van der Waals surface area (Å²) in [5.41, 5.74) is 3.84. The van der Waals surface area contributed by atoms with E-state index in [2.05, 4.69) is 15.4 Å². The van der Waals surface area contributed by atoms with Gasteiger partial charge in [0.15, 0.2) is 0 Å². The Morgan fingerprint density at radius 1 is 1.00 bits per heavy atom. The summed E-state index contributed by atoms with van der Waals surface area (Å²) < 4.78 is 19.0. The maximum atomic E-state index is 13.2. The molecule has 0 saturated carbocycles. The molecule has 0 spiro atoms. The molecule has 0 aliphatic heterocycles. The van der Waals surface area contributed by atoms with E-state index in [9.17, 15) is 9.59 Å². The molecule has 3 heterocycles. The van der Waals surface area contributed by atoms with Gasteiger partial charge in [0.1, 0.15) is 23.7 Å². The number of amides is 1. The van der Waals surface area contributed by atoms with Gasteiger partial charge in [0.2, 0.25) is 0 Å². The lowest BCUT2D eigenvalue weighted by molar-refractivity contribution is 0.0600. The molecule has 10 nitrogen and oxygen atoms in total. The van der Waals surface area contributed by atoms with Gasteiger partial charge in [0.25, 0.3) is 5.91 Å². The van der Waals surface area contributed by atoms with E-state index in [1.807, 2.05) is 35.0 Å². The number of methoxy groups -OCH3 is 2. The van der Waals surface area contributed by atoms with E-state index in [1.54, 1.807) is 48.2 Å². The van der Waals surface area contributed by atoms with E-state index in [-0.39, 0.29) is 11.9 Å². The Balaban J connectivity index is 1.36. The Kier molecular flexibility index (Phi) is 6.82. The van der Waals surface area contributed by atoms with E-state index in [0.29, 0.717) is 48.1 Å². The second-order valence-electron chi connectivity index (χ2n) is 8.26. The number of rotatable bonds is 9. The summed E-state index contributed by atoms with van der Waals surface area (Å²) in [5.74, 6) is -0.0394. The van der Waals surface area contributed by atoms with Crippen molar-refractivity contribution in [1.82, 2.24) is 19.2 Å². The molecule has 0 aliphatic rings. The number of ether oxygens (including phenoxy) is 3. The molecule has 0 unspecified atom stereocenters. The van der Waals surface area contributed by atoms with E-state index in [1.165, 1.54) is 13.3 Å². The van der Waals surface area contributed by atoms with Crippen LogP contribution in [0.15, 0.2) is 73.2 Å². The SMILES string of the molecule is COCCOc1ccn2c(C(=O)Nc3cccc4c3cnn4Cc3cccc(C(=O)OC)c3)cnc2c1. The average molecular weight is 500 g/mol. The summed E-state index contributed by atoms with van der Waals surface area (Å²) >= 11 is 0. The zero-order chi connectivity index (χ0) is 25.8. The average Bonchev–Trinajstić information content (AvgIpc) is 3.53. The number of pyridine rings is 1. The topological polar surface area (TPSA) is 109 Å². The van der Waals surface area contributed by atoms with Gasteiger partial charge in [-0.1, -0.05) is 18.2 Å². The number of nitrogens with zero attached hydrogens (tertiary/aromatic N) is 4. The molecular formula is C27H25N5O5. The van der Waals surface area contributed by atoms with Gasteiger partial charge in [-0.3, -0.25) is 13.9 Å². The van der Waals surface area contributed by atoms with Crippen molar-refractivity contribution in [3.05, 3.63) is 90.0 Å². The van der Waals surface area contributed by atoms with Crippen LogP contribution in [0.4, 0.5) is 5.69 Å². The summed E-state index contributed by atoms with van der Waals surface area (Å²) in [4.78, 5) is 29.4. The molecule has 0 radical (unpaired) electrons. The molecule has 5 aromatic rings. The van der Waals surface area contributed by atoms with Crippen molar-refractivity contribution in [2.75, 3.05) is 32.8 Å². The van der Waals surface area contributed by atoms with Gasteiger partial charge < -0.3 is 19.5 Å². The van der Waals surface area contributed by atoms with Crippen molar-refractivity contribution >= 4 is 34.1 Å². The van der Waals surface area contributed by atoms with Gasteiger partial charge in [-0.15, -0.1) is 0 Å². The molecule has 0 atom stereocenters. The van der Waals surface area contributed by atoms with E-state index in [4.69, 9.17) is 14.2 Å². The van der Waals surface area contributed by atoms with Crippen LogP contribution in [0.3, 0.4) is 0 Å². The minimum absolute atomic E-state index is 0.299. The fraction of sp³-hybridized carbons (Fsp3) is 0.185. The van der Waals surface area contributed by atoms with Gasteiger partial charge in [0, 0.05) is 24.8 Å². The monoisotopic (exact) mass is 499 g/mol. The number of hydrogen-bond acceptors (Lipinski definition) is 7. The summed E-state index contributed by atoms with van der Waals surface area (Å²) in [6.45, 7) is 1.36. The summed E-state index contributed by atoms with van der Waals surface area (Å²) in [5, 5.41) is 8.29. The standard InChI is InChI=1S/C27H25N5O5/c1-35-11-12-37-20-9-10-31-24(16-28-25(31)14-20)26(33)30-22-7-4-8-23-21(22)15-29-32(23)17-18-5-3-6-19(13-18)27(34)36-2/h3-10,13-16H,11-12,17H2,1-2H3,(H,30,33). The highest BCUT2D eigenvalue weighted by Crippen LogP contribution is 2.25. The summed E-state index contributed by atoms with van der Waals surface area (Å²) in [7, 11) is 2.97. The molecule has 0 bridgehead atoms. The van der Waals surface area contributed by atoms with Crippen molar-refractivity contribution in [2.24, 2.45) is 0 Å². The zero-order valence-electron chi connectivity index (χ0n) is 20.4. The second kappa shape index (κ2) is 10.5. The number of nitrogens with one attached hydrogen (secondary N) is 1. The maximum absolute atomic E-state index is 13.2. The molecule has 188 valence electrons. The van der Waals surface area contributed by atoms with Crippen molar-refractivity contribution in [1.29, 1.82) is 0 Å². The highest BCUT2D eigenvalue weighted by molar-refractivity contribution is 6.08. The third-order valence-corrected chi connectivity index (χ3v) is 5.89. The minimum atomic E-state index is -0.389. The fourth-order valence-corrected chi connectivity index (χ4v) is 4.07. The Labute approximate surface area is 212 Å². The zero-order valence-corrected chi connectivity index (χ0v) is 20.4. The van der Waals surface area contributed by atoms with E-state index in [0.717, 1.165) is 16.5 Å². The van der Waals surface area contributed by atoms with Crippen molar-refractivity contribution in [2.45, 2.75) is 6.54 Å². The third kappa shape index (κ3) is 5.00. The molecule has 5 rings (SSSR count). The van der Waals surface area contributed by atoms with Crippen LogP contribution < -0.4 is 10.1 Å². The van der Waals surface area contributed by atoms with Crippen LogP contribution in [0.5, 0.6) is 5.75 Å². The molecule has 10 heteroatoms. The Hall–Kier alpha value is -4.70. The Morgan fingerprint density at radius 3 is 2.70 bits per heavy atom. The quantitative estimate of drug-likeness (QED) is 0.243. The molecule has 3 aromatic heterocycles. The Morgan fingerprint density at radius 2 is 1.86 bits per heavy atom. The normalized spacial score (nSPS) is 11.1. The van der Waals surface area contributed by atoms with Gasteiger partial charge in [-0.25, -0.2) is 9.78 Å². The highest BCUT2D eigenvalue weighted by atomic mass is 16.5. The van der Waals surface area contributed by atoms with E-state index >= 15 is 0 Å². The van der Waals surface area contributed by atoms with Crippen LogP contribution in [0, 0.1) is 0 Å². The van der Waals surface area contributed by atoms with Crippen LogP contribution in [-0.2, 0) is 16.0 Å². The maximum Gasteiger partial charge on any atom is 0.337 e. The lowest BCUT2D eigenvalue weighted by Crippen LogP contribution is -2.14. The first-order valence-corrected chi connectivity index (χ1v) is 11.6. The van der Waals surface area contributed by atoms with Crippen LogP contribution in [0.1, 0.15) is 26.4 Å². The van der Waals surface area contributed by atoms with Crippen LogP contribution in [-0.4, -0.2) is 58.5 Å². The number of fused-ring (bicyclic) bond motifs is 2. The molecule has 37 heavy (non-hydrogen) atoms. The van der Waals surface area contributed by atoms with Gasteiger partial charge in [-0.2, -0.15) is 5.10 Å².